The lowest BCUT2D eigenvalue weighted by atomic mass is 9.84. The maximum absolute atomic E-state index is 12.5. The van der Waals surface area contributed by atoms with Gasteiger partial charge >= 0.3 is 11.6 Å². The minimum absolute atomic E-state index is 0.0723. The average Bonchev–Trinajstić information content (AvgIpc) is 3.19. The monoisotopic (exact) mass is 469 g/mol. The van der Waals surface area contributed by atoms with Crippen LogP contribution in [0, 0.1) is 0 Å². The molecular weight excluding hydrogens is 442 g/mol. The molecule has 0 spiro atoms. The van der Waals surface area contributed by atoms with Crippen LogP contribution in [0.4, 0.5) is 17.3 Å². The first-order valence-electron chi connectivity index (χ1n) is 11.0. The Morgan fingerprint density at radius 2 is 1.44 bits per heavy atom. The SMILES string of the molecule is Nc1nc2ccc(NC(=O)C(O)(O)C(O)(O)C(=O)Nc3ccc(C4CCCCC4)cc3)cc2[nH]1. The molecule has 0 unspecified atom stereocenters. The number of H-pyrrole nitrogens is 1. The van der Waals surface area contributed by atoms with Crippen LogP contribution in [0.5, 0.6) is 0 Å². The molecule has 0 radical (unpaired) electrons. The summed E-state index contributed by atoms with van der Waals surface area (Å²) in [5.41, 5.74) is 7.91. The lowest BCUT2D eigenvalue weighted by molar-refractivity contribution is -0.315. The van der Waals surface area contributed by atoms with Crippen molar-refractivity contribution in [3.63, 3.8) is 0 Å². The number of carbonyl (C=O) groups is 2. The molecule has 1 saturated carbocycles. The molecule has 4 rings (SSSR count). The number of nitrogens with one attached hydrogen (secondary N) is 3. The molecule has 11 heteroatoms. The van der Waals surface area contributed by atoms with Crippen molar-refractivity contribution in [2.24, 2.45) is 0 Å². The van der Waals surface area contributed by atoms with Crippen LogP contribution in [0.3, 0.4) is 0 Å². The Hall–Kier alpha value is -3.51. The normalized spacial score (nSPS) is 15.3. The van der Waals surface area contributed by atoms with E-state index in [4.69, 9.17) is 5.73 Å². The highest BCUT2D eigenvalue weighted by Gasteiger charge is 2.59. The Balaban J connectivity index is 1.44. The molecule has 2 aromatic carbocycles. The van der Waals surface area contributed by atoms with Crippen molar-refractivity contribution in [2.45, 2.75) is 49.6 Å². The molecule has 1 heterocycles. The first-order valence-corrected chi connectivity index (χ1v) is 11.0. The average molecular weight is 469 g/mol. The third kappa shape index (κ3) is 4.59. The lowest BCUT2D eigenvalue weighted by Gasteiger charge is -2.32. The summed E-state index contributed by atoms with van der Waals surface area (Å²) in [6.45, 7) is 0. The molecule has 0 atom stereocenters. The van der Waals surface area contributed by atoms with E-state index in [1.165, 1.54) is 37.5 Å². The number of carbonyl (C=O) groups excluding carboxylic acids is 2. The van der Waals surface area contributed by atoms with E-state index in [1.807, 2.05) is 12.1 Å². The largest absolute Gasteiger partial charge is 0.369 e. The van der Waals surface area contributed by atoms with Gasteiger partial charge in [0.25, 0.3) is 11.8 Å². The number of rotatable bonds is 6. The zero-order chi connectivity index (χ0) is 24.5. The first kappa shape index (κ1) is 23.6. The van der Waals surface area contributed by atoms with Crippen molar-refractivity contribution in [3.8, 4) is 0 Å². The number of amides is 2. The summed E-state index contributed by atoms with van der Waals surface area (Å²) in [4.78, 5) is 31.6. The summed E-state index contributed by atoms with van der Waals surface area (Å²) in [6.07, 6.45) is 5.75. The van der Waals surface area contributed by atoms with Gasteiger partial charge in [-0.05, 0) is 54.7 Å². The number of fused-ring (bicyclic) bond motifs is 1. The van der Waals surface area contributed by atoms with Gasteiger partial charge in [-0.2, -0.15) is 0 Å². The van der Waals surface area contributed by atoms with Crippen molar-refractivity contribution >= 4 is 40.2 Å². The minimum Gasteiger partial charge on any atom is -0.369 e. The van der Waals surface area contributed by atoms with Crippen LogP contribution in [0.15, 0.2) is 42.5 Å². The number of nitrogen functional groups attached to an aromatic ring is 1. The Morgan fingerprint density at radius 3 is 2.06 bits per heavy atom. The van der Waals surface area contributed by atoms with Crippen molar-refractivity contribution < 1.29 is 30.0 Å². The smallest absolute Gasteiger partial charge is 0.310 e. The van der Waals surface area contributed by atoms with Crippen molar-refractivity contribution in [2.75, 3.05) is 16.4 Å². The quantitative estimate of drug-likeness (QED) is 0.246. The Bertz CT molecular complexity index is 1200. The van der Waals surface area contributed by atoms with Crippen LogP contribution < -0.4 is 16.4 Å². The molecule has 1 aliphatic rings. The zero-order valence-electron chi connectivity index (χ0n) is 18.3. The number of imidazole rings is 1. The maximum Gasteiger partial charge on any atom is 0.310 e. The van der Waals surface area contributed by atoms with E-state index in [-0.39, 0.29) is 17.3 Å². The van der Waals surface area contributed by atoms with Gasteiger partial charge in [0.1, 0.15) is 0 Å². The molecule has 0 saturated heterocycles. The fourth-order valence-corrected chi connectivity index (χ4v) is 4.13. The number of hydrogen-bond acceptors (Lipinski definition) is 8. The minimum atomic E-state index is -3.87. The van der Waals surface area contributed by atoms with Crippen LogP contribution in [-0.2, 0) is 9.59 Å². The van der Waals surface area contributed by atoms with Gasteiger partial charge < -0.3 is 41.8 Å². The third-order valence-electron chi connectivity index (χ3n) is 6.12. The standard InChI is InChI=1S/C23H27N5O6/c24-21-27-17-11-10-16(12-18(17)28-21)26-20(30)23(33,34)22(31,32)19(29)25-15-8-6-14(7-9-15)13-4-2-1-3-5-13/h6-13,31-34H,1-5H2,(H,25,29)(H,26,30)(H3,24,27,28). The van der Waals surface area contributed by atoms with E-state index < -0.39 is 23.4 Å². The molecule has 1 aromatic heterocycles. The summed E-state index contributed by atoms with van der Waals surface area (Å²) in [6, 6.07) is 11.1. The maximum atomic E-state index is 12.5. The molecule has 2 amide bonds. The van der Waals surface area contributed by atoms with Crippen LogP contribution in [-0.4, -0.2) is 53.8 Å². The van der Waals surface area contributed by atoms with Gasteiger partial charge in [-0.15, -0.1) is 0 Å². The lowest BCUT2D eigenvalue weighted by Crippen LogP contribution is -2.66. The van der Waals surface area contributed by atoms with Crippen LogP contribution in [0.1, 0.15) is 43.6 Å². The van der Waals surface area contributed by atoms with Gasteiger partial charge in [0.2, 0.25) is 0 Å². The molecule has 1 aliphatic carbocycles. The fourth-order valence-electron chi connectivity index (χ4n) is 4.13. The van der Waals surface area contributed by atoms with Gasteiger partial charge in [-0.3, -0.25) is 9.59 Å². The van der Waals surface area contributed by atoms with Gasteiger partial charge in [-0.25, -0.2) is 4.98 Å². The summed E-state index contributed by atoms with van der Waals surface area (Å²) in [7, 11) is 0. The van der Waals surface area contributed by atoms with Crippen LogP contribution >= 0.6 is 0 Å². The van der Waals surface area contributed by atoms with Crippen molar-refractivity contribution in [1.82, 2.24) is 9.97 Å². The predicted octanol–water partition coefficient (Wildman–Crippen LogP) is 1.13. The third-order valence-corrected chi connectivity index (χ3v) is 6.12. The number of hydrogen-bond donors (Lipinski definition) is 8. The highest BCUT2D eigenvalue weighted by atomic mass is 16.6. The number of nitrogens with two attached hydrogens (primary N) is 1. The Labute approximate surface area is 194 Å². The van der Waals surface area contributed by atoms with Gasteiger partial charge in [0, 0.05) is 11.4 Å². The van der Waals surface area contributed by atoms with E-state index in [9.17, 15) is 30.0 Å². The molecule has 1 fully saturated rings. The van der Waals surface area contributed by atoms with Gasteiger partial charge in [0.05, 0.1) is 11.0 Å². The number of benzene rings is 2. The second-order valence-electron chi connectivity index (χ2n) is 8.56. The van der Waals surface area contributed by atoms with Crippen LogP contribution in [0.25, 0.3) is 11.0 Å². The molecule has 11 nitrogen and oxygen atoms in total. The molecular formula is C23H27N5O6. The first-order chi connectivity index (χ1) is 16.1. The number of nitrogens with zero attached hydrogens (tertiary/aromatic N) is 1. The summed E-state index contributed by atoms with van der Waals surface area (Å²) >= 11 is 0. The van der Waals surface area contributed by atoms with Gasteiger partial charge in [0.15, 0.2) is 5.95 Å². The van der Waals surface area contributed by atoms with Crippen molar-refractivity contribution in [3.05, 3.63) is 48.0 Å². The Morgan fingerprint density at radius 1 is 0.882 bits per heavy atom. The van der Waals surface area contributed by atoms with E-state index in [1.54, 1.807) is 12.1 Å². The van der Waals surface area contributed by atoms with Crippen molar-refractivity contribution in [1.29, 1.82) is 0 Å². The highest BCUT2D eigenvalue weighted by molar-refractivity contribution is 6.05. The molecule has 0 bridgehead atoms. The van der Waals surface area contributed by atoms with Gasteiger partial charge in [-0.1, -0.05) is 31.4 Å². The molecule has 3 aromatic rings. The highest BCUT2D eigenvalue weighted by Crippen LogP contribution is 2.33. The molecule has 0 aliphatic heterocycles. The summed E-state index contributed by atoms with van der Waals surface area (Å²) in [5.74, 6) is -10.4. The van der Waals surface area contributed by atoms with E-state index in [0.29, 0.717) is 17.0 Å². The van der Waals surface area contributed by atoms with E-state index in [0.717, 1.165) is 18.4 Å². The summed E-state index contributed by atoms with van der Waals surface area (Å²) in [5, 5.41) is 45.1. The Kier molecular flexibility index (Phi) is 6.28. The zero-order valence-corrected chi connectivity index (χ0v) is 18.3. The molecule has 9 N–H and O–H groups in total. The van der Waals surface area contributed by atoms with Crippen LogP contribution in [0.2, 0.25) is 0 Å². The second-order valence-corrected chi connectivity index (χ2v) is 8.56. The number of aliphatic hydroxyl groups is 4. The van der Waals surface area contributed by atoms with E-state index in [2.05, 4.69) is 20.6 Å². The molecule has 180 valence electrons. The predicted molar refractivity (Wildman–Crippen MR) is 124 cm³/mol. The second kappa shape index (κ2) is 9.03. The number of aromatic nitrogens is 2. The molecule has 34 heavy (non-hydrogen) atoms. The number of anilines is 3. The summed E-state index contributed by atoms with van der Waals surface area (Å²) < 4.78 is 0. The topological polar surface area (TPSA) is 194 Å². The fraction of sp³-hybridized carbons (Fsp3) is 0.348. The number of aromatic amines is 1. The van der Waals surface area contributed by atoms with E-state index >= 15 is 0 Å².